The fourth-order valence-corrected chi connectivity index (χ4v) is 2.91. The van der Waals surface area contributed by atoms with Gasteiger partial charge in [0, 0.05) is 28.9 Å². The number of aromatic nitrogens is 2. The Morgan fingerprint density at radius 3 is 3.05 bits per heavy atom. The third-order valence-electron chi connectivity index (χ3n) is 3.20. The Balaban J connectivity index is 1.82. The van der Waals surface area contributed by atoms with E-state index in [2.05, 4.69) is 20.8 Å². The molecule has 0 spiro atoms. The standard InChI is InChI=1S/C16H14N2O2S/c1-20-15(19)7-6-13-10-21-16(18-13)12-8-11-4-2-3-5-14(11)17-9-12/h2-5,8-10H,6-7H2,1H3. The van der Waals surface area contributed by atoms with Crippen LogP contribution in [0.1, 0.15) is 12.1 Å². The zero-order chi connectivity index (χ0) is 14.7. The van der Waals surface area contributed by atoms with E-state index in [9.17, 15) is 4.79 Å². The van der Waals surface area contributed by atoms with Crippen molar-refractivity contribution in [3.8, 4) is 10.6 Å². The molecule has 0 amide bonds. The molecule has 0 bridgehead atoms. The topological polar surface area (TPSA) is 52.1 Å². The molecule has 0 fully saturated rings. The fourth-order valence-electron chi connectivity index (χ4n) is 2.07. The van der Waals surface area contributed by atoms with Crippen molar-refractivity contribution in [2.45, 2.75) is 12.8 Å². The van der Waals surface area contributed by atoms with Gasteiger partial charge in [0.15, 0.2) is 0 Å². The van der Waals surface area contributed by atoms with Crippen LogP contribution < -0.4 is 0 Å². The number of ether oxygens (including phenoxy) is 1. The van der Waals surface area contributed by atoms with Crippen molar-refractivity contribution in [3.05, 3.63) is 47.6 Å². The van der Waals surface area contributed by atoms with Crippen LogP contribution in [0.25, 0.3) is 21.5 Å². The Bertz CT molecular complexity index is 783. The van der Waals surface area contributed by atoms with Gasteiger partial charge in [-0.15, -0.1) is 11.3 Å². The minimum Gasteiger partial charge on any atom is -0.469 e. The second-order valence-corrected chi connectivity index (χ2v) is 5.49. The summed E-state index contributed by atoms with van der Waals surface area (Å²) in [6, 6.07) is 10.1. The molecular weight excluding hydrogens is 284 g/mol. The SMILES string of the molecule is COC(=O)CCc1csc(-c2cnc3ccccc3c2)n1. The van der Waals surface area contributed by atoms with E-state index in [4.69, 9.17) is 0 Å². The Labute approximate surface area is 126 Å². The van der Waals surface area contributed by atoms with E-state index >= 15 is 0 Å². The molecule has 0 aliphatic heterocycles. The van der Waals surface area contributed by atoms with Gasteiger partial charge < -0.3 is 4.74 Å². The van der Waals surface area contributed by atoms with Crippen molar-refractivity contribution in [2.24, 2.45) is 0 Å². The lowest BCUT2D eigenvalue weighted by molar-refractivity contribution is -0.140. The lowest BCUT2D eigenvalue weighted by Crippen LogP contribution is -2.01. The molecule has 1 aromatic carbocycles. The first-order valence-electron chi connectivity index (χ1n) is 6.62. The summed E-state index contributed by atoms with van der Waals surface area (Å²) in [5, 5.41) is 4.00. The van der Waals surface area contributed by atoms with Crippen LogP contribution in [-0.4, -0.2) is 23.0 Å². The van der Waals surface area contributed by atoms with E-state index in [1.807, 2.05) is 35.8 Å². The summed E-state index contributed by atoms with van der Waals surface area (Å²) >= 11 is 1.57. The van der Waals surface area contributed by atoms with Crippen LogP contribution in [0.3, 0.4) is 0 Å². The van der Waals surface area contributed by atoms with Gasteiger partial charge in [-0.2, -0.15) is 0 Å². The maximum atomic E-state index is 11.2. The summed E-state index contributed by atoms with van der Waals surface area (Å²) in [6.45, 7) is 0. The third kappa shape index (κ3) is 3.08. The Kier molecular flexibility index (Phi) is 3.92. The summed E-state index contributed by atoms with van der Waals surface area (Å²) in [5.74, 6) is -0.211. The lowest BCUT2D eigenvalue weighted by Gasteiger charge is -2.00. The van der Waals surface area contributed by atoms with Crippen molar-refractivity contribution < 1.29 is 9.53 Å². The molecule has 0 saturated carbocycles. The number of para-hydroxylation sites is 1. The average Bonchev–Trinajstić information content (AvgIpc) is 3.01. The maximum absolute atomic E-state index is 11.2. The maximum Gasteiger partial charge on any atom is 0.305 e. The molecule has 106 valence electrons. The normalized spacial score (nSPS) is 10.7. The summed E-state index contributed by atoms with van der Waals surface area (Å²) in [4.78, 5) is 20.2. The monoisotopic (exact) mass is 298 g/mol. The van der Waals surface area contributed by atoms with E-state index in [0.29, 0.717) is 12.8 Å². The van der Waals surface area contributed by atoms with Crippen molar-refractivity contribution in [1.29, 1.82) is 0 Å². The van der Waals surface area contributed by atoms with Gasteiger partial charge in [0.1, 0.15) is 5.01 Å². The van der Waals surface area contributed by atoms with Gasteiger partial charge >= 0.3 is 5.97 Å². The number of benzene rings is 1. The highest BCUT2D eigenvalue weighted by molar-refractivity contribution is 7.13. The predicted molar refractivity (Wildman–Crippen MR) is 83.2 cm³/mol. The average molecular weight is 298 g/mol. The smallest absolute Gasteiger partial charge is 0.305 e. The van der Waals surface area contributed by atoms with Crippen LogP contribution in [0.15, 0.2) is 41.9 Å². The number of carbonyl (C=O) groups excluding carboxylic acids is 1. The zero-order valence-corrected chi connectivity index (χ0v) is 12.4. The number of methoxy groups -OCH3 is 1. The van der Waals surface area contributed by atoms with E-state index in [0.717, 1.165) is 27.2 Å². The molecule has 0 atom stereocenters. The molecular formula is C16H14N2O2S. The van der Waals surface area contributed by atoms with E-state index in [1.165, 1.54) is 7.11 Å². The summed E-state index contributed by atoms with van der Waals surface area (Å²) in [7, 11) is 1.40. The molecule has 0 aliphatic rings. The Hall–Kier alpha value is -2.27. The number of esters is 1. The minimum absolute atomic E-state index is 0.211. The minimum atomic E-state index is -0.211. The molecule has 0 N–H and O–H groups in total. The molecule has 2 heterocycles. The predicted octanol–water partition coefficient (Wildman–Crippen LogP) is 3.46. The molecule has 21 heavy (non-hydrogen) atoms. The van der Waals surface area contributed by atoms with Gasteiger partial charge in [-0.1, -0.05) is 18.2 Å². The number of aryl methyl sites for hydroxylation is 1. The number of hydrogen-bond donors (Lipinski definition) is 0. The van der Waals surface area contributed by atoms with Crippen LogP contribution in [0.4, 0.5) is 0 Å². The lowest BCUT2D eigenvalue weighted by atomic mass is 10.2. The van der Waals surface area contributed by atoms with Gasteiger partial charge in [0.2, 0.25) is 0 Å². The number of fused-ring (bicyclic) bond motifs is 1. The van der Waals surface area contributed by atoms with E-state index < -0.39 is 0 Å². The van der Waals surface area contributed by atoms with E-state index in [1.54, 1.807) is 11.3 Å². The number of hydrogen-bond acceptors (Lipinski definition) is 5. The van der Waals surface area contributed by atoms with Crippen molar-refractivity contribution in [1.82, 2.24) is 9.97 Å². The van der Waals surface area contributed by atoms with Crippen LogP contribution in [-0.2, 0) is 16.0 Å². The number of carbonyl (C=O) groups is 1. The molecule has 3 aromatic rings. The Morgan fingerprint density at radius 2 is 2.19 bits per heavy atom. The molecule has 0 saturated heterocycles. The molecule has 2 aromatic heterocycles. The van der Waals surface area contributed by atoms with Crippen molar-refractivity contribution >= 4 is 28.2 Å². The highest BCUT2D eigenvalue weighted by Crippen LogP contribution is 2.26. The highest BCUT2D eigenvalue weighted by atomic mass is 32.1. The van der Waals surface area contributed by atoms with Crippen LogP contribution in [0, 0.1) is 0 Å². The highest BCUT2D eigenvalue weighted by Gasteiger charge is 2.08. The van der Waals surface area contributed by atoms with Gasteiger partial charge in [-0.05, 0) is 12.1 Å². The van der Waals surface area contributed by atoms with Crippen LogP contribution in [0.5, 0.6) is 0 Å². The number of thiazole rings is 1. The number of nitrogens with zero attached hydrogens (tertiary/aromatic N) is 2. The summed E-state index contributed by atoms with van der Waals surface area (Å²) in [6.07, 6.45) is 2.80. The van der Waals surface area contributed by atoms with Crippen molar-refractivity contribution in [2.75, 3.05) is 7.11 Å². The number of pyridine rings is 1. The first-order valence-corrected chi connectivity index (χ1v) is 7.50. The summed E-state index contributed by atoms with van der Waals surface area (Å²) < 4.78 is 4.64. The van der Waals surface area contributed by atoms with E-state index in [-0.39, 0.29) is 5.97 Å². The van der Waals surface area contributed by atoms with Crippen LogP contribution >= 0.6 is 11.3 Å². The summed E-state index contributed by atoms with van der Waals surface area (Å²) in [5.41, 5.74) is 2.89. The molecule has 4 nitrogen and oxygen atoms in total. The molecule has 0 radical (unpaired) electrons. The van der Waals surface area contributed by atoms with Crippen molar-refractivity contribution in [3.63, 3.8) is 0 Å². The van der Waals surface area contributed by atoms with Gasteiger partial charge in [-0.25, -0.2) is 4.98 Å². The molecule has 5 heteroatoms. The third-order valence-corrected chi connectivity index (χ3v) is 4.14. The van der Waals surface area contributed by atoms with Gasteiger partial charge in [0.25, 0.3) is 0 Å². The second-order valence-electron chi connectivity index (χ2n) is 4.64. The Morgan fingerprint density at radius 1 is 1.33 bits per heavy atom. The molecule has 3 rings (SSSR count). The van der Waals surface area contributed by atoms with Gasteiger partial charge in [0.05, 0.1) is 24.7 Å². The quantitative estimate of drug-likeness (QED) is 0.692. The molecule has 0 unspecified atom stereocenters. The van der Waals surface area contributed by atoms with Gasteiger partial charge in [-0.3, -0.25) is 9.78 Å². The van der Waals surface area contributed by atoms with Crippen LogP contribution in [0.2, 0.25) is 0 Å². The zero-order valence-electron chi connectivity index (χ0n) is 11.6. The largest absolute Gasteiger partial charge is 0.469 e. The number of rotatable bonds is 4. The second kappa shape index (κ2) is 6.01. The fraction of sp³-hybridized carbons (Fsp3) is 0.188. The molecule has 0 aliphatic carbocycles. The first-order chi connectivity index (χ1) is 10.3. The first kappa shape index (κ1) is 13.7.